The highest BCUT2D eigenvalue weighted by atomic mass is 19.1. The monoisotopic (exact) mass is 117 g/mol. The Balaban J connectivity index is 2.53. The molecule has 0 aromatic carbocycles. The van der Waals surface area contributed by atoms with Gasteiger partial charge >= 0.3 is 0 Å². The molecule has 0 spiro atoms. The fourth-order valence-electron chi connectivity index (χ4n) is 0.570. The van der Waals surface area contributed by atoms with Crippen LogP contribution in [0.4, 0.5) is 4.39 Å². The molecule has 0 saturated heterocycles. The van der Waals surface area contributed by atoms with Gasteiger partial charge in [-0.25, -0.2) is 0 Å². The first-order chi connectivity index (χ1) is 3.91. The van der Waals surface area contributed by atoms with Crippen molar-refractivity contribution in [3.8, 4) is 0 Å². The average Bonchev–Trinajstić information content (AvgIpc) is 1.81. The first-order valence-electron chi connectivity index (χ1n) is 3.29. The maximum absolute atomic E-state index is 11.4. The molecule has 1 heteroatoms. The molecule has 0 heterocycles. The van der Waals surface area contributed by atoms with Gasteiger partial charge in [0, 0.05) is 0 Å². The van der Waals surface area contributed by atoms with Gasteiger partial charge in [-0.2, -0.15) is 0 Å². The van der Waals surface area contributed by atoms with E-state index in [2.05, 4.69) is 13.3 Å². The highest BCUT2D eigenvalue weighted by Crippen LogP contribution is 1.99. The summed E-state index contributed by atoms with van der Waals surface area (Å²) in [5, 5.41) is 0. The Morgan fingerprint density at radius 1 is 1.38 bits per heavy atom. The van der Waals surface area contributed by atoms with E-state index >= 15 is 0 Å². The number of unbranched alkanes of at least 4 members (excludes halogenated alkanes) is 4. The molecule has 0 unspecified atom stereocenters. The summed E-state index contributed by atoms with van der Waals surface area (Å²) in [5.74, 6) is 0. The smallest absolute Gasteiger partial charge is 0.0894 e. The van der Waals surface area contributed by atoms with E-state index in [1.54, 1.807) is 0 Å². The molecule has 0 fully saturated rings. The Hall–Kier alpha value is -0.0700. The number of rotatable bonds is 5. The van der Waals surface area contributed by atoms with Gasteiger partial charge in [-0.15, -0.1) is 0 Å². The summed E-state index contributed by atoms with van der Waals surface area (Å²) in [7, 11) is 0. The van der Waals surface area contributed by atoms with Crippen LogP contribution in [-0.2, 0) is 0 Å². The molecule has 1 radical (unpaired) electrons. The number of hydrogen-bond donors (Lipinski definition) is 0. The van der Waals surface area contributed by atoms with Crippen molar-refractivity contribution in [2.24, 2.45) is 0 Å². The zero-order valence-electron chi connectivity index (χ0n) is 5.49. The second-order valence-corrected chi connectivity index (χ2v) is 1.91. The molecular formula is C7H14F. The number of hydrogen-bond acceptors (Lipinski definition) is 0. The molecule has 0 atom stereocenters. The second-order valence-electron chi connectivity index (χ2n) is 1.91. The molecule has 0 N–H and O–H groups in total. The lowest BCUT2D eigenvalue weighted by Gasteiger charge is -1.92. The molecular weight excluding hydrogens is 103 g/mol. The van der Waals surface area contributed by atoms with Crippen molar-refractivity contribution in [2.75, 3.05) is 6.67 Å². The summed E-state index contributed by atoms with van der Waals surface area (Å²) in [4.78, 5) is 0. The van der Waals surface area contributed by atoms with E-state index in [0.29, 0.717) is 6.42 Å². The van der Waals surface area contributed by atoms with E-state index in [-0.39, 0.29) is 6.67 Å². The average molecular weight is 117 g/mol. The first-order valence-corrected chi connectivity index (χ1v) is 3.29. The molecule has 0 rings (SSSR count). The van der Waals surface area contributed by atoms with Crippen LogP contribution in [0.1, 0.15) is 32.6 Å². The Kier molecular flexibility index (Phi) is 6.87. The third-order valence-electron chi connectivity index (χ3n) is 1.03. The SMILES string of the molecule is CCC[CH]CCCF. The lowest BCUT2D eigenvalue weighted by atomic mass is 10.2. The summed E-state index contributed by atoms with van der Waals surface area (Å²) >= 11 is 0. The van der Waals surface area contributed by atoms with Crippen molar-refractivity contribution in [2.45, 2.75) is 32.6 Å². The summed E-state index contributed by atoms with van der Waals surface area (Å²) in [6.07, 6.45) is 6.14. The molecule has 0 aromatic rings. The Labute approximate surface area is 51.1 Å². The van der Waals surface area contributed by atoms with Crippen LogP contribution in [-0.4, -0.2) is 6.67 Å². The minimum absolute atomic E-state index is 0.166. The van der Waals surface area contributed by atoms with Crippen molar-refractivity contribution in [1.29, 1.82) is 0 Å². The molecule has 0 aliphatic rings. The third-order valence-corrected chi connectivity index (χ3v) is 1.03. The Morgan fingerprint density at radius 2 is 2.12 bits per heavy atom. The van der Waals surface area contributed by atoms with E-state index in [1.807, 2.05) is 0 Å². The Bertz CT molecular complexity index is 29.4. The molecule has 0 bridgehead atoms. The van der Waals surface area contributed by atoms with E-state index < -0.39 is 0 Å². The standard InChI is InChI=1S/C7H14F/c1-2-3-4-5-6-7-8/h4H,2-3,5-7H2,1H3. The molecule has 0 amide bonds. The quantitative estimate of drug-likeness (QED) is 0.486. The largest absolute Gasteiger partial charge is 0.251 e. The van der Waals surface area contributed by atoms with Crippen molar-refractivity contribution >= 4 is 0 Å². The fraction of sp³-hybridized carbons (Fsp3) is 0.857. The van der Waals surface area contributed by atoms with Crippen LogP contribution in [0.3, 0.4) is 0 Å². The van der Waals surface area contributed by atoms with Gasteiger partial charge in [0.2, 0.25) is 0 Å². The molecule has 0 nitrogen and oxygen atoms in total. The van der Waals surface area contributed by atoms with Gasteiger partial charge in [0.1, 0.15) is 0 Å². The van der Waals surface area contributed by atoms with E-state index in [1.165, 1.54) is 6.42 Å². The van der Waals surface area contributed by atoms with Gasteiger partial charge < -0.3 is 0 Å². The summed E-state index contributed by atoms with van der Waals surface area (Å²) in [6.45, 7) is 1.96. The zero-order valence-corrected chi connectivity index (χ0v) is 5.49. The topological polar surface area (TPSA) is 0 Å². The molecule has 49 valence electrons. The van der Waals surface area contributed by atoms with Crippen LogP contribution < -0.4 is 0 Å². The zero-order chi connectivity index (χ0) is 6.24. The van der Waals surface area contributed by atoms with E-state index in [4.69, 9.17) is 0 Å². The minimum atomic E-state index is -0.166. The van der Waals surface area contributed by atoms with Crippen LogP contribution in [0.15, 0.2) is 0 Å². The fourth-order valence-corrected chi connectivity index (χ4v) is 0.570. The van der Waals surface area contributed by atoms with Crippen LogP contribution in [0.2, 0.25) is 0 Å². The van der Waals surface area contributed by atoms with Crippen LogP contribution in [0, 0.1) is 6.42 Å². The van der Waals surface area contributed by atoms with Crippen LogP contribution in [0.25, 0.3) is 0 Å². The summed E-state index contributed by atoms with van der Waals surface area (Å²) in [5.41, 5.74) is 0. The normalized spacial score (nSPS) is 9.75. The van der Waals surface area contributed by atoms with Crippen molar-refractivity contribution < 1.29 is 4.39 Å². The summed E-state index contributed by atoms with van der Waals surface area (Å²) < 4.78 is 11.4. The highest BCUT2D eigenvalue weighted by Gasteiger charge is 1.85. The minimum Gasteiger partial charge on any atom is -0.251 e. The molecule has 8 heavy (non-hydrogen) atoms. The van der Waals surface area contributed by atoms with Gasteiger partial charge in [0.15, 0.2) is 0 Å². The third kappa shape index (κ3) is 5.93. The molecule has 0 aliphatic carbocycles. The van der Waals surface area contributed by atoms with Crippen molar-refractivity contribution in [1.82, 2.24) is 0 Å². The van der Waals surface area contributed by atoms with Gasteiger partial charge in [0.25, 0.3) is 0 Å². The maximum atomic E-state index is 11.4. The number of alkyl halides is 1. The Morgan fingerprint density at radius 3 is 2.62 bits per heavy atom. The predicted molar refractivity (Wildman–Crippen MR) is 34.4 cm³/mol. The van der Waals surface area contributed by atoms with Crippen LogP contribution >= 0.6 is 0 Å². The second kappa shape index (κ2) is 6.93. The lowest BCUT2D eigenvalue weighted by Crippen LogP contribution is -1.78. The van der Waals surface area contributed by atoms with Gasteiger partial charge in [0.05, 0.1) is 6.67 Å². The first kappa shape index (κ1) is 7.93. The van der Waals surface area contributed by atoms with E-state index in [9.17, 15) is 4.39 Å². The van der Waals surface area contributed by atoms with Gasteiger partial charge in [-0.1, -0.05) is 19.8 Å². The molecule has 0 saturated carbocycles. The highest BCUT2D eigenvalue weighted by molar-refractivity contribution is 4.61. The van der Waals surface area contributed by atoms with E-state index in [0.717, 1.165) is 12.8 Å². The molecule has 0 aliphatic heterocycles. The molecule has 0 aromatic heterocycles. The maximum Gasteiger partial charge on any atom is 0.0894 e. The summed E-state index contributed by atoms with van der Waals surface area (Å²) in [6, 6.07) is 0. The predicted octanol–water partition coefficient (Wildman–Crippen LogP) is 2.74. The van der Waals surface area contributed by atoms with Gasteiger partial charge in [-0.05, 0) is 19.3 Å². The van der Waals surface area contributed by atoms with Crippen LogP contribution in [0.5, 0.6) is 0 Å². The van der Waals surface area contributed by atoms with Gasteiger partial charge in [-0.3, -0.25) is 4.39 Å². The lowest BCUT2D eigenvalue weighted by molar-refractivity contribution is 0.469. The van der Waals surface area contributed by atoms with Crippen molar-refractivity contribution in [3.63, 3.8) is 0 Å². The number of halogens is 1. The van der Waals surface area contributed by atoms with Crippen molar-refractivity contribution in [3.05, 3.63) is 6.42 Å².